The lowest BCUT2D eigenvalue weighted by Crippen LogP contribution is -2.15. The molecule has 2 aromatic rings. The van der Waals surface area contributed by atoms with Crippen LogP contribution < -0.4 is 16.8 Å². The first-order chi connectivity index (χ1) is 9.77. The number of rotatable bonds is 2. The molecular weight excluding hydrogens is 283 g/mol. The fourth-order valence-electron chi connectivity index (χ4n) is 1.76. The molecule has 1 amide bonds. The zero-order valence-corrected chi connectivity index (χ0v) is 10.7. The number of nitrogen functional groups attached to an aromatic ring is 2. The zero-order valence-electron chi connectivity index (χ0n) is 10.7. The number of amides is 1. The Hall–Kier alpha value is -2.70. The number of carbonyl (C=O) groups excluding carboxylic acids is 1. The van der Waals surface area contributed by atoms with E-state index in [0.717, 1.165) is 12.1 Å². The van der Waals surface area contributed by atoms with Gasteiger partial charge in [0.2, 0.25) is 0 Å². The third-order valence-electron chi connectivity index (χ3n) is 2.77. The third kappa shape index (κ3) is 3.44. The Balaban J connectivity index is 2.24. The van der Waals surface area contributed by atoms with Crippen molar-refractivity contribution in [1.82, 2.24) is 0 Å². The molecule has 0 saturated heterocycles. The molecule has 2 aromatic carbocycles. The summed E-state index contributed by atoms with van der Waals surface area (Å²) in [5.74, 6) is -0.605. The van der Waals surface area contributed by atoms with Gasteiger partial charge >= 0.3 is 6.18 Å². The van der Waals surface area contributed by atoms with Gasteiger partial charge in [0.1, 0.15) is 0 Å². The first kappa shape index (κ1) is 14.7. The third-order valence-corrected chi connectivity index (χ3v) is 2.77. The molecule has 21 heavy (non-hydrogen) atoms. The van der Waals surface area contributed by atoms with Gasteiger partial charge in [-0.3, -0.25) is 4.79 Å². The molecule has 0 unspecified atom stereocenters. The summed E-state index contributed by atoms with van der Waals surface area (Å²) < 4.78 is 37.8. The van der Waals surface area contributed by atoms with Crippen LogP contribution in [0, 0.1) is 0 Å². The van der Waals surface area contributed by atoms with Crippen molar-refractivity contribution >= 4 is 23.0 Å². The summed E-state index contributed by atoms with van der Waals surface area (Å²) in [6.07, 6.45) is -4.47. The molecule has 7 heteroatoms. The van der Waals surface area contributed by atoms with Gasteiger partial charge in [0, 0.05) is 17.1 Å². The molecule has 0 aliphatic rings. The number of halogens is 3. The van der Waals surface area contributed by atoms with Gasteiger partial charge in [-0.25, -0.2) is 0 Å². The SMILES string of the molecule is Nc1ccc(C(=O)Nc2cccc(C(F)(F)F)c2)c(N)c1. The summed E-state index contributed by atoms with van der Waals surface area (Å²) in [6.45, 7) is 0. The van der Waals surface area contributed by atoms with Gasteiger partial charge in [-0.15, -0.1) is 0 Å². The summed E-state index contributed by atoms with van der Waals surface area (Å²) in [6, 6.07) is 8.65. The van der Waals surface area contributed by atoms with Crippen LogP contribution in [0.25, 0.3) is 0 Å². The van der Waals surface area contributed by atoms with E-state index in [1.54, 1.807) is 0 Å². The quantitative estimate of drug-likeness (QED) is 0.744. The van der Waals surface area contributed by atoms with Crippen LogP contribution in [0.15, 0.2) is 42.5 Å². The largest absolute Gasteiger partial charge is 0.416 e. The van der Waals surface area contributed by atoms with E-state index in [1.807, 2.05) is 0 Å². The average molecular weight is 295 g/mol. The number of nitrogens with one attached hydrogen (secondary N) is 1. The van der Waals surface area contributed by atoms with E-state index in [4.69, 9.17) is 11.5 Å². The number of benzene rings is 2. The van der Waals surface area contributed by atoms with Crippen molar-refractivity contribution in [3.63, 3.8) is 0 Å². The molecule has 0 aromatic heterocycles. The molecule has 0 saturated carbocycles. The molecule has 0 fully saturated rings. The van der Waals surface area contributed by atoms with Crippen molar-refractivity contribution in [1.29, 1.82) is 0 Å². The average Bonchev–Trinajstić information content (AvgIpc) is 2.37. The number of hydrogen-bond donors (Lipinski definition) is 3. The Bertz CT molecular complexity index is 683. The second kappa shape index (κ2) is 5.35. The monoisotopic (exact) mass is 295 g/mol. The smallest absolute Gasteiger partial charge is 0.399 e. The van der Waals surface area contributed by atoms with Gasteiger partial charge < -0.3 is 16.8 Å². The van der Waals surface area contributed by atoms with E-state index in [0.29, 0.717) is 5.69 Å². The minimum absolute atomic E-state index is 0.0334. The van der Waals surface area contributed by atoms with Gasteiger partial charge in [0.15, 0.2) is 0 Å². The maximum Gasteiger partial charge on any atom is 0.416 e. The lowest BCUT2D eigenvalue weighted by molar-refractivity contribution is -0.137. The first-order valence-electron chi connectivity index (χ1n) is 5.91. The molecule has 5 N–H and O–H groups in total. The van der Waals surface area contributed by atoms with Gasteiger partial charge in [-0.2, -0.15) is 13.2 Å². The van der Waals surface area contributed by atoms with Crippen molar-refractivity contribution in [2.45, 2.75) is 6.18 Å². The van der Waals surface area contributed by atoms with Crippen molar-refractivity contribution < 1.29 is 18.0 Å². The summed E-state index contributed by atoms with van der Waals surface area (Å²) >= 11 is 0. The summed E-state index contributed by atoms with van der Waals surface area (Å²) in [7, 11) is 0. The van der Waals surface area contributed by atoms with Crippen molar-refractivity contribution in [3.05, 3.63) is 53.6 Å². The minimum atomic E-state index is -4.47. The van der Waals surface area contributed by atoms with Crippen LogP contribution in [0.3, 0.4) is 0 Å². The van der Waals surface area contributed by atoms with Crippen LogP contribution in [-0.2, 0) is 6.18 Å². The summed E-state index contributed by atoms with van der Waals surface area (Å²) in [5.41, 5.74) is 11.0. The number of anilines is 3. The second-order valence-electron chi connectivity index (χ2n) is 4.38. The van der Waals surface area contributed by atoms with Crippen LogP contribution in [0.2, 0.25) is 0 Å². The lowest BCUT2D eigenvalue weighted by atomic mass is 10.1. The molecule has 0 aliphatic carbocycles. The maximum atomic E-state index is 12.6. The fourth-order valence-corrected chi connectivity index (χ4v) is 1.76. The van der Waals surface area contributed by atoms with Crippen LogP contribution >= 0.6 is 0 Å². The Morgan fingerprint density at radius 3 is 2.38 bits per heavy atom. The number of alkyl halides is 3. The molecule has 0 aliphatic heterocycles. The standard InChI is InChI=1S/C14H12F3N3O/c15-14(16,17)8-2-1-3-10(6-8)20-13(21)11-5-4-9(18)7-12(11)19/h1-7H,18-19H2,(H,20,21). The normalized spacial score (nSPS) is 11.2. The molecule has 0 spiro atoms. The number of nitrogens with two attached hydrogens (primary N) is 2. The first-order valence-corrected chi connectivity index (χ1v) is 5.91. The Kier molecular flexibility index (Phi) is 3.75. The molecular formula is C14H12F3N3O. The van der Waals surface area contributed by atoms with Crippen LogP contribution in [0.4, 0.5) is 30.2 Å². The highest BCUT2D eigenvalue weighted by Crippen LogP contribution is 2.30. The summed E-state index contributed by atoms with van der Waals surface area (Å²) in [4.78, 5) is 12.0. The summed E-state index contributed by atoms with van der Waals surface area (Å²) in [5, 5.41) is 2.37. The highest BCUT2D eigenvalue weighted by Gasteiger charge is 2.30. The van der Waals surface area contributed by atoms with Crippen LogP contribution in [0.5, 0.6) is 0 Å². The number of carbonyl (C=O) groups is 1. The van der Waals surface area contributed by atoms with Crippen LogP contribution in [-0.4, -0.2) is 5.91 Å². The zero-order chi connectivity index (χ0) is 15.6. The molecule has 0 atom stereocenters. The molecule has 0 heterocycles. The van der Waals surface area contributed by atoms with Gasteiger partial charge in [0.05, 0.1) is 11.1 Å². The predicted molar refractivity (Wildman–Crippen MR) is 74.7 cm³/mol. The van der Waals surface area contributed by atoms with E-state index in [-0.39, 0.29) is 16.9 Å². The predicted octanol–water partition coefficient (Wildman–Crippen LogP) is 3.12. The van der Waals surface area contributed by atoms with Crippen LogP contribution in [0.1, 0.15) is 15.9 Å². The van der Waals surface area contributed by atoms with E-state index in [1.165, 1.54) is 30.3 Å². The van der Waals surface area contributed by atoms with Gasteiger partial charge in [-0.1, -0.05) is 6.07 Å². The molecule has 0 radical (unpaired) electrons. The van der Waals surface area contributed by atoms with Crippen molar-refractivity contribution in [2.75, 3.05) is 16.8 Å². The van der Waals surface area contributed by atoms with E-state index < -0.39 is 17.6 Å². The van der Waals surface area contributed by atoms with Crippen molar-refractivity contribution in [3.8, 4) is 0 Å². The molecule has 0 bridgehead atoms. The van der Waals surface area contributed by atoms with Gasteiger partial charge in [0.25, 0.3) is 5.91 Å². The number of hydrogen-bond acceptors (Lipinski definition) is 3. The maximum absolute atomic E-state index is 12.6. The molecule has 4 nitrogen and oxygen atoms in total. The second-order valence-corrected chi connectivity index (χ2v) is 4.38. The lowest BCUT2D eigenvalue weighted by Gasteiger charge is -2.11. The van der Waals surface area contributed by atoms with E-state index >= 15 is 0 Å². The highest BCUT2D eigenvalue weighted by molar-refractivity contribution is 6.08. The Labute approximate surface area is 118 Å². The molecule has 110 valence electrons. The van der Waals surface area contributed by atoms with Gasteiger partial charge in [-0.05, 0) is 36.4 Å². The Morgan fingerprint density at radius 1 is 1.05 bits per heavy atom. The molecule has 2 rings (SSSR count). The fraction of sp³-hybridized carbons (Fsp3) is 0.0714. The minimum Gasteiger partial charge on any atom is -0.399 e. The Morgan fingerprint density at radius 2 is 1.76 bits per heavy atom. The topological polar surface area (TPSA) is 81.1 Å². The van der Waals surface area contributed by atoms with E-state index in [9.17, 15) is 18.0 Å². The van der Waals surface area contributed by atoms with Crippen molar-refractivity contribution in [2.24, 2.45) is 0 Å². The highest BCUT2D eigenvalue weighted by atomic mass is 19.4. The van der Waals surface area contributed by atoms with E-state index in [2.05, 4.69) is 5.32 Å².